The van der Waals surface area contributed by atoms with Crippen molar-refractivity contribution in [2.75, 3.05) is 11.9 Å². The Bertz CT molecular complexity index is 395. The number of hydrogen-bond donors (Lipinski definition) is 1. The van der Waals surface area contributed by atoms with Crippen molar-refractivity contribution < 1.29 is 0 Å². The molecule has 1 aromatic rings. The molecule has 0 radical (unpaired) electrons. The van der Waals surface area contributed by atoms with Crippen molar-refractivity contribution >= 4 is 5.95 Å². The number of rotatable bonds is 5. The van der Waals surface area contributed by atoms with Gasteiger partial charge in [-0.2, -0.15) is 0 Å². The largest absolute Gasteiger partial charge is 0.355 e. The fourth-order valence-electron chi connectivity index (χ4n) is 3.14. The monoisotopic (exact) mass is 263 g/mol. The quantitative estimate of drug-likeness (QED) is 0.867. The number of anilines is 1. The Morgan fingerprint density at radius 3 is 2.79 bits per heavy atom. The molecule has 2 atom stereocenters. The minimum Gasteiger partial charge on any atom is -0.355 e. The van der Waals surface area contributed by atoms with Crippen LogP contribution in [0.15, 0.2) is 6.20 Å². The topological polar surface area (TPSA) is 29.9 Å². The summed E-state index contributed by atoms with van der Waals surface area (Å²) in [6, 6.07) is 0. The van der Waals surface area contributed by atoms with Gasteiger partial charge in [-0.3, -0.25) is 0 Å². The molecule has 19 heavy (non-hydrogen) atoms. The van der Waals surface area contributed by atoms with Gasteiger partial charge in [-0.05, 0) is 31.1 Å². The molecular weight excluding hydrogens is 234 g/mol. The third kappa shape index (κ3) is 3.99. The number of aromatic nitrogens is 2. The van der Waals surface area contributed by atoms with Gasteiger partial charge >= 0.3 is 0 Å². The summed E-state index contributed by atoms with van der Waals surface area (Å²) in [5, 5.41) is 3.59. The van der Waals surface area contributed by atoms with E-state index in [2.05, 4.69) is 48.8 Å². The van der Waals surface area contributed by atoms with Gasteiger partial charge in [-0.1, -0.05) is 40.0 Å². The van der Waals surface area contributed by atoms with Gasteiger partial charge in [0.25, 0.3) is 0 Å². The molecule has 0 aromatic carbocycles. The zero-order chi connectivity index (χ0) is 13.8. The lowest BCUT2D eigenvalue weighted by atomic mass is 9.80. The highest BCUT2D eigenvalue weighted by atomic mass is 15.2. The Kier molecular flexibility index (Phi) is 4.89. The summed E-state index contributed by atoms with van der Waals surface area (Å²) in [5.41, 5.74) is 1.11. The van der Waals surface area contributed by atoms with E-state index in [0.717, 1.165) is 36.6 Å². The molecule has 0 saturated heterocycles. The first-order valence-electron chi connectivity index (χ1n) is 7.84. The van der Waals surface area contributed by atoms with E-state index in [4.69, 9.17) is 0 Å². The summed E-state index contributed by atoms with van der Waals surface area (Å²) in [7, 11) is 0. The fraction of sp³-hybridized carbons (Fsp3) is 0.812. The molecule has 0 amide bonds. The van der Waals surface area contributed by atoms with Crippen LogP contribution in [0.2, 0.25) is 0 Å². The predicted molar refractivity (Wildman–Crippen MR) is 81.4 cm³/mol. The maximum Gasteiger partial charge on any atom is 0.203 e. The zero-order valence-corrected chi connectivity index (χ0v) is 12.9. The van der Waals surface area contributed by atoms with E-state index in [0.29, 0.717) is 5.92 Å². The van der Waals surface area contributed by atoms with Crippen LogP contribution in [0.3, 0.4) is 0 Å². The number of nitrogens with one attached hydrogen (secondary N) is 1. The predicted octanol–water partition coefficient (Wildman–Crippen LogP) is 4.09. The highest BCUT2D eigenvalue weighted by Crippen LogP contribution is 2.29. The third-order valence-corrected chi connectivity index (χ3v) is 4.27. The molecule has 1 saturated carbocycles. The van der Waals surface area contributed by atoms with Crippen LogP contribution in [0.1, 0.15) is 52.1 Å². The second kappa shape index (κ2) is 6.44. The van der Waals surface area contributed by atoms with E-state index in [1.165, 1.54) is 25.7 Å². The molecule has 3 nitrogen and oxygen atoms in total. The lowest BCUT2D eigenvalue weighted by Gasteiger charge is -2.29. The molecule has 2 rings (SSSR count). The highest BCUT2D eigenvalue weighted by Gasteiger charge is 2.21. The maximum absolute atomic E-state index is 4.62. The average Bonchev–Trinajstić information content (AvgIpc) is 2.67. The molecule has 1 heterocycles. The first kappa shape index (κ1) is 14.4. The Morgan fingerprint density at radius 2 is 2.11 bits per heavy atom. The third-order valence-electron chi connectivity index (χ3n) is 4.27. The molecule has 1 fully saturated rings. The normalized spacial score (nSPS) is 23.8. The Hall–Kier alpha value is -0.990. The molecule has 0 spiro atoms. The molecule has 0 bridgehead atoms. The summed E-state index contributed by atoms with van der Waals surface area (Å²) in [6.07, 6.45) is 7.74. The van der Waals surface area contributed by atoms with E-state index in [-0.39, 0.29) is 0 Å². The molecular formula is C16H29N3. The van der Waals surface area contributed by atoms with Crippen molar-refractivity contribution in [1.29, 1.82) is 0 Å². The average molecular weight is 263 g/mol. The summed E-state index contributed by atoms with van der Waals surface area (Å²) in [6.45, 7) is 11.1. The van der Waals surface area contributed by atoms with Crippen molar-refractivity contribution in [2.24, 2.45) is 17.8 Å². The van der Waals surface area contributed by atoms with Gasteiger partial charge < -0.3 is 9.88 Å². The SMILES string of the molecule is Cc1cn(CC(C)C)c(NCC2CCCCC2C)n1. The second-order valence-corrected chi connectivity index (χ2v) is 6.65. The summed E-state index contributed by atoms with van der Waals surface area (Å²) >= 11 is 0. The van der Waals surface area contributed by atoms with Gasteiger partial charge in [0, 0.05) is 19.3 Å². The molecule has 1 aromatic heterocycles. The number of imidazole rings is 1. The second-order valence-electron chi connectivity index (χ2n) is 6.65. The van der Waals surface area contributed by atoms with E-state index in [1.54, 1.807) is 0 Å². The van der Waals surface area contributed by atoms with Crippen LogP contribution in [0.4, 0.5) is 5.95 Å². The first-order chi connectivity index (χ1) is 9.06. The Morgan fingerprint density at radius 1 is 1.37 bits per heavy atom. The zero-order valence-electron chi connectivity index (χ0n) is 12.9. The molecule has 1 aliphatic rings. The van der Waals surface area contributed by atoms with Crippen LogP contribution in [0.5, 0.6) is 0 Å². The summed E-state index contributed by atoms with van der Waals surface area (Å²) in [5.74, 6) is 3.39. The van der Waals surface area contributed by atoms with E-state index in [9.17, 15) is 0 Å². The molecule has 1 N–H and O–H groups in total. The van der Waals surface area contributed by atoms with Gasteiger partial charge in [0.05, 0.1) is 5.69 Å². The van der Waals surface area contributed by atoms with Gasteiger partial charge in [-0.15, -0.1) is 0 Å². The van der Waals surface area contributed by atoms with Gasteiger partial charge in [0.2, 0.25) is 5.95 Å². The number of hydrogen-bond acceptors (Lipinski definition) is 2. The molecule has 0 aliphatic heterocycles. The van der Waals surface area contributed by atoms with Gasteiger partial charge in [0.1, 0.15) is 0 Å². The van der Waals surface area contributed by atoms with Gasteiger partial charge in [-0.25, -0.2) is 4.98 Å². The highest BCUT2D eigenvalue weighted by molar-refractivity contribution is 5.28. The van der Waals surface area contributed by atoms with Crippen LogP contribution in [0.25, 0.3) is 0 Å². The summed E-state index contributed by atoms with van der Waals surface area (Å²) in [4.78, 5) is 4.62. The van der Waals surface area contributed by atoms with Crippen LogP contribution >= 0.6 is 0 Å². The van der Waals surface area contributed by atoms with Crippen LogP contribution < -0.4 is 5.32 Å². The minimum atomic E-state index is 0.655. The standard InChI is InChI=1S/C16H29N3/c1-12(2)10-19-11-14(4)18-16(19)17-9-15-8-6-5-7-13(15)3/h11-13,15H,5-10H2,1-4H3,(H,17,18). The van der Waals surface area contributed by atoms with Gasteiger partial charge in [0.15, 0.2) is 0 Å². The van der Waals surface area contributed by atoms with E-state index < -0.39 is 0 Å². The molecule has 1 aliphatic carbocycles. The molecule has 2 unspecified atom stereocenters. The van der Waals surface area contributed by atoms with E-state index >= 15 is 0 Å². The molecule has 3 heteroatoms. The van der Waals surface area contributed by atoms with E-state index in [1.807, 2.05) is 0 Å². The van der Waals surface area contributed by atoms with Crippen molar-refractivity contribution in [2.45, 2.75) is 59.9 Å². The lowest BCUT2D eigenvalue weighted by Crippen LogP contribution is -2.25. The van der Waals surface area contributed by atoms with Crippen molar-refractivity contribution in [3.05, 3.63) is 11.9 Å². The van der Waals surface area contributed by atoms with Crippen LogP contribution in [-0.2, 0) is 6.54 Å². The molecule has 108 valence electrons. The minimum absolute atomic E-state index is 0.655. The van der Waals surface area contributed by atoms with Crippen molar-refractivity contribution in [1.82, 2.24) is 9.55 Å². The Balaban J connectivity index is 1.94. The number of aryl methyl sites for hydroxylation is 1. The van der Waals surface area contributed by atoms with Crippen molar-refractivity contribution in [3.63, 3.8) is 0 Å². The van der Waals surface area contributed by atoms with Crippen molar-refractivity contribution in [3.8, 4) is 0 Å². The maximum atomic E-state index is 4.62. The lowest BCUT2D eigenvalue weighted by molar-refractivity contribution is 0.268. The number of nitrogens with zero attached hydrogens (tertiary/aromatic N) is 2. The fourth-order valence-corrected chi connectivity index (χ4v) is 3.14. The smallest absolute Gasteiger partial charge is 0.203 e. The first-order valence-corrected chi connectivity index (χ1v) is 7.84. The Labute approximate surface area is 117 Å². The summed E-state index contributed by atoms with van der Waals surface area (Å²) < 4.78 is 2.27. The van der Waals surface area contributed by atoms with Crippen LogP contribution in [-0.4, -0.2) is 16.1 Å². The van der Waals surface area contributed by atoms with Crippen LogP contribution in [0, 0.1) is 24.7 Å².